The highest BCUT2D eigenvalue weighted by molar-refractivity contribution is 6.30. The summed E-state index contributed by atoms with van der Waals surface area (Å²) in [4.78, 5) is 28.2. The largest absolute Gasteiger partial charge is 0.418 e. The van der Waals surface area contributed by atoms with Crippen LogP contribution in [0, 0.1) is 5.92 Å². The Morgan fingerprint density at radius 3 is 2.33 bits per heavy atom. The van der Waals surface area contributed by atoms with Crippen LogP contribution in [-0.4, -0.2) is 23.3 Å². The number of alkyl halides is 3. The normalized spacial score (nSPS) is 11.4. The number of nitrogens with zero attached hydrogens (tertiary/aromatic N) is 1. The first-order valence-electron chi connectivity index (χ1n) is 7.99. The minimum Gasteiger partial charge on any atom is -0.352 e. The number of rotatable bonds is 5. The Morgan fingerprint density at radius 2 is 1.74 bits per heavy atom. The Kier molecular flexibility index (Phi) is 6.43. The first kappa shape index (κ1) is 20.7. The molecule has 144 valence electrons. The molecule has 1 aromatic heterocycles. The van der Waals surface area contributed by atoms with Crippen molar-refractivity contribution < 1.29 is 22.8 Å². The van der Waals surface area contributed by atoms with E-state index in [4.69, 9.17) is 11.6 Å². The molecule has 2 amide bonds. The topological polar surface area (TPSA) is 71.1 Å². The van der Waals surface area contributed by atoms with Gasteiger partial charge in [0.25, 0.3) is 11.8 Å². The average Bonchev–Trinajstić information content (AvgIpc) is 2.60. The standard InChI is InChI=1S/C18H17ClF3N3O2/c1-10(2)7-24-16(26)11-5-12(9-23-8-11)17(27)25-15-4-3-13(19)6-14(15)18(20,21)22/h3-6,8-10H,7H2,1-2H3,(H,24,26)(H,25,27). The van der Waals surface area contributed by atoms with Crippen LogP contribution in [0.1, 0.15) is 40.1 Å². The Balaban J connectivity index is 2.22. The van der Waals surface area contributed by atoms with Gasteiger partial charge in [-0.05, 0) is 30.2 Å². The summed E-state index contributed by atoms with van der Waals surface area (Å²) in [6, 6.07) is 4.29. The highest BCUT2D eigenvalue weighted by Gasteiger charge is 2.34. The SMILES string of the molecule is CC(C)CNC(=O)c1cncc(C(=O)Nc2ccc(Cl)cc2C(F)(F)F)c1. The average molecular weight is 400 g/mol. The second-order valence-electron chi connectivity index (χ2n) is 6.21. The zero-order valence-corrected chi connectivity index (χ0v) is 15.3. The molecule has 2 aromatic rings. The van der Waals surface area contributed by atoms with Gasteiger partial charge in [-0.3, -0.25) is 14.6 Å². The summed E-state index contributed by atoms with van der Waals surface area (Å²) in [6.45, 7) is 4.29. The van der Waals surface area contributed by atoms with E-state index in [1.165, 1.54) is 18.3 Å². The number of hydrogen-bond acceptors (Lipinski definition) is 3. The fourth-order valence-electron chi connectivity index (χ4n) is 2.14. The lowest BCUT2D eigenvalue weighted by Gasteiger charge is -2.14. The van der Waals surface area contributed by atoms with Gasteiger partial charge in [-0.1, -0.05) is 25.4 Å². The molecule has 2 N–H and O–H groups in total. The van der Waals surface area contributed by atoms with Crippen LogP contribution in [0.4, 0.5) is 18.9 Å². The zero-order chi connectivity index (χ0) is 20.2. The monoisotopic (exact) mass is 399 g/mol. The molecule has 0 aliphatic carbocycles. The third-order valence-corrected chi connectivity index (χ3v) is 3.70. The molecule has 0 radical (unpaired) electrons. The van der Waals surface area contributed by atoms with E-state index in [2.05, 4.69) is 15.6 Å². The van der Waals surface area contributed by atoms with Crippen LogP contribution < -0.4 is 10.6 Å². The molecular weight excluding hydrogens is 383 g/mol. The van der Waals surface area contributed by atoms with E-state index in [1.807, 2.05) is 13.8 Å². The van der Waals surface area contributed by atoms with E-state index in [1.54, 1.807) is 0 Å². The molecule has 2 rings (SSSR count). The van der Waals surface area contributed by atoms with E-state index in [0.29, 0.717) is 6.54 Å². The molecule has 1 aromatic carbocycles. The molecule has 0 spiro atoms. The number of benzene rings is 1. The van der Waals surface area contributed by atoms with E-state index in [0.717, 1.165) is 18.3 Å². The number of anilines is 1. The van der Waals surface area contributed by atoms with Crippen LogP contribution in [0.3, 0.4) is 0 Å². The summed E-state index contributed by atoms with van der Waals surface area (Å²) in [6.07, 6.45) is -2.25. The number of nitrogens with one attached hydrogen (secondary N) is 2. The lowest BCUT2D eigenvalue weighted by molar-refractivity contribution is -0.136. The number of amides is 2. The van der Waals surface area contributed by atoms with Crippen molar-refractivity contribution in [1.82, 2.24) is 10.3 Å². The van der Waals surface area contributed by atoms with E-state index >= 15 is 0 Å². The highest BCUT2D eigenvalue weighted by atomic mass is 35.5. The van der Waals surface area contributed by atoms with Gasteiger partial charge in [0.1, 0.15) is 0 Å². The number of pyridine rings is 1. The lowest BCUT2D eigenvalue weighted by Crippen LogP contribution is -2.27. The number of carbonyl (C=O) groups excluding carboxylic acids is 2. The molecule has 0 saturated carbocycles. The van der Waals surface area contributed by atoms with Gasteiger partial charge in [0.2, 0.25) is 0 Å². The molecule has 9 heteroatoms. The molecule has 0 aliphatic rings. The van der Waals surface area contributed by atoms with Crippen molar-refractivity contribution in [1.29, 1.82) is 0 Å². The van der Waals surface area contributed by atoms with Crippen molar-refractivity contribution in [2.24, 2.45) is 5.92 Å². The Hall–Kier alpha value is -2.61. The summed E-state index contributed by atoms with van der Waals surface area (Å²) in [5.41, 5.74) is -1.42. The van der Waals surface area contributed by atoms with Crippen LogP contribution >= 0.6 is 11.6 Å². The smallest absolute Gasteiger partial charge is 0.352 e. The van der Waals surface area contributed by atoms with Crippen LogP contribution in [0.15, 0.2) is 36.7 Å². The molecule has 0 bridgehead atoms. The number of halogens is 4. The summed E-state index contributed by atoms with van der Waals surface area (Å²) >= 11 is 5.62. The Morgan fingerprint density at radius 1 is 1.11 bits per heavy atom. The van der Waals surface area contributed by atoms with Crippen molar-refractivity contribution in [3.8, 4) is 0 Å². The van der Waals surface area contributed by atoms with Gasteiger partial charge in [0.15, 0.2) is 0 Å². The van der Waals surface area contributed by atoms with Crippen molar-refractivity contribution >= 4 is 29.1 Å². The Bertz CT molecular complexity index is 854. The van der Waals surface area contributed by atoms with E-state index in [9.17, 15) is 22.8 Å². The minimum atomic E-state index is -4.69. The van der Waals surface area contributed by atoms with Gasteiger partial charge in [-0.2, -0.15) is 13.2 Å². The van der Waals surface area contributed by atoms with Crippen molar-refractivity contribution in [3.63, 3.8) is 0 Å². The summed E-state index contributed by atoms with van der Waals surface area (Å²) in [5.74, 6) is -1.01. The van der Waals surface area contributed by atoms with E-state index < -0.39 is 29.2 Å². The summed E-state index contributed by atoms with van der Waals surface area (Å²) in [5, 5.41) is 4.76. The van der Waals surface area contributed by atoms with E-state index in [-0.39, 0.29) is 22.1 Å². The molecule has 0 fully saturated rings. The maximum Gasteiger partial charge on any atom is 0.418 e. The number of hydrogen-bond donors (Lipinski definition) is 2. The molecule has 0 saturated heterocycles. The second-order valence-corrected chi connectivity index (χ2v) is 6.64. The Labute approximate surface area is 158 Å². The van der Waals surface area contributed by atoms with Crippen LogP contribution in [0.2, 0.25) is 5.02 Å². The molecular formula is C18H17ClF3N3O2. The number of carbonyl (C=O) groups is 2. The molecule has 0 atom stereocenters. The zero-order valence-electron chi connectivity index (χ0n) is 14.5. The predicted octanol–water partition coefficient (Wildman–Crippen LogP) is 4.39. The van der Waals surface area contributed by atoms with Crippen molar-refractivity contribution in [3.05, 3.63) is 58.4 Å². The maximum absolute atomic E-state index is 13.1. The van der Waals surface area contributed by atoms with Gasteiger partial charge in [-0.25, -0.2) is 0 Å². The van der Waals surface area contributed by atoms with Crippen molar-refractivity contribution in [2.45, 2.75) is 20.0 Å². The third-order valence-electron chi connectivity index (χ3n) is 3.47. The molecule has 0 aliphatic heterocycles. The predicted molar refractivity (Wildman–Crippen MR) is 95.8 cm³/mol. The van der Waals surface area contributed by atoms with Gasteiger partial charge < -0.3 is 10.6 Å². The van der Waals surface area contributed by atoms with Gasteiger partial charge in [0.05, 0.1) is 22.4 Å². The molecule has 27 heavy (non-hydrogen) atoms. The van der Waals surface area contributed by atoms with Crippen LogP contribution in [0.5, 0.6) is 0 Å². The van der Waals surface area contributed by atoms with Gasteiger partial charge in [-0.15, -0.1) is 0 Å². The molecule has 1 heterocycles. The van der Waals surface area contributed by atoms with Gasteiger partial charge in [0, 0.05) is 24.0 Å². The summed E-state index contributed by atoms with van der Waals surface area (Å²) in [7, 11) is 0. The second kappa shape index (κ2) is 8.39. The lowest BCUT2D eigenvalue weighted by atomic mass is 10.1. The first-order chi connectivity index (χ1) is 12.6. The quantitative estimate of drug-likeness (QED) is 0.783. The van der Waals surface area contributed by atoms with Crippen LogP contribution in [-0.2, 0) is 6.18 Å². The third kappa shape index (κ3) is 5.68. The minimum absolute atomic E-state index is 0.0460. The number of aromatic nitrogens is 1. The van der Waals surface area contributed by atoms with Gasteiger partial charge >= 0.3 is 6.18 Å². The fraction of sp³-hybridized carbons (Fsp3) is 0.278. The molecule has 5 nitrogen and oxygen atoms in total. The van der Waals surface area contributed by atoms with Crippen LogP contribution in [0.25, 0.3) is 0 Å². The highest BCUT2D eigenvalue weighted by Crippen LogP contribution is 2.36. The first-order valence-corrected chi connectivity index (χ1v) is 8.37. The maximum atomic E-state index is 13.1. The molecule has 0 unspecified atom stereocenters. The van der Waals surface area contributed by atoms with Crippen molar-refractivity contribution in [2.75, 3.05) is 11.9 Å². The summed E-state index contributed by atoms with van der Waals surface area (Å²) < 4.78 is 39.4. The fourth-order valence-corrected chi connectivity index (χ4v) is 2.31.